The van der Waals surface area contributed by atoms with Gasteiger partial charge in [0.2, 0.25) is 0 Å². The second-order valence-corrected chi connectivity index (χ2v) is 7.18. The number of thioether (sulfide) groups is 1. The first-order valence-corrected chi connectivity index (χ1v) is 8.58. The topological polar surface area (TPSA) is 29.5 Å². The molecule has 3 rings (SSSR count). The van der Waals surface area contributed by atoms with Gasteiger partial charge in [-0.1, -0.05) is 12.1 Å². The van der Waals surface area contributed by atoms with Gasteiger partial charge in [0.1, 0.15) is 0 Å². The number of halogens is 2. The van der Waals surface area contributed by atoms with E-state index >= 15 is 0 Å². The monoisotopic (exact) mass is 314 g/mol. The Labute approximate surface area is 127 Å². The van der Waals surface area contributed by atoms with Crippen LogP contribution in [-0.4, -0.2) is 34.9 Å². The molecule has 3 unspecified atom stereocenters. The van der Waals surface area contributed by atoms with Crippen LogP contribution in [0.1, 0.15) is 24.8 Å². The number of aliphatic hydroxyl groups excluding tert-OH is 1. The van der Waals surface area contributed by atoms with Crippen LogP contribution in [0.4, 0.5) is 8.78 Å². The molecule has 0 bridgehead atoms. The molecule has 2 fully saturated rings. The van der Waals surface area contributed by atoms with Crippen LogP contribution >= 0.6 is 11.8 Å². The second kappa shape index (κ2) is 6.23. The van der Waals surface area contributed by atoms with Crippen molar-refractivity contribution < 1.29 is 18.6 Å². The summed E-state index contributed by atoms with van der Waals surface area (Å²) >= 11 is 1.89. The lowest BCUT2D eigenvalue weighted by molar-refractivity contribution is -0.101. The van der Waals surface area contributed by atoms with Gasteiger partial charge in [0.05, 0.1) is 11.7 Å². The molecule has 2 nitrogen and oxygen atoms in total. The first-order chi connectivity index (χ1) is 10.1. The highest BCUT2D eigenvalue weighted by Crippen LogP contribution is 2.41. The summed E-state index contributed by atoms with van der Waals surface area (Å²) in [5.74, 6) is 0.483. The molecule has 2 saturated heterocycles. The van der Waals surface area contributed by atoms with Gasteiger partial charge < -0.3 is 9.84 Å². The Morgan fingerprint density at radius 2 is 2.29 bits per heavy atom. The summed E-state index contributed by atoms with van der Waals surface area (Å²) in [5, 5.41) is 10.4. The molecule has 1 N–H and O–H groups in total. The number of benzene rings is 1. The summed E-state index contributed by atoms with van der Waals surface area (Å²) in [6.07, 6.45) is 2.14. The van der Waals surface area contributed by atoms with Gasteiger partial charge >= 0.3 is 0 Å². The van der Waals surface area contributed by atoms with Crippen LogP contribution in [0.3, 0.4) is 0 Å². The van der Waals surface area contributed by atoms with E-state index in [9.17, 15) is 13.9 Å². The van der Waals surface area contributed by atoms with Gasteiger partial charge in [0.25, 0.3) is 0 Å². The minimum atomic E-state index is -0.852. The van der Waals surface area contributed by atoms with Crippen molar-refractivity contribution in [2.45, 2.75) is 37.4 Å². The molecule has 2 aliphatic heterocycles. The minimum absolute atomic E-state index is 0.0973. The number of hydrogen-bond acceptors (Lipinski definition) is 3. The fraction of sp³-hybridized carbons (Fsp3) is 0.625. The predicted octanol–water partition coefficient (Wildman–Crippen LogP) is 3.17. The van der Waals surface area contributed by atoms with E-state index in [1.54, 1.807) is 6.07 Å². The van der Waals surface area contributed by atoms with Crippen LogP contribution in [0.5, 0.6) is 0 Å². The molecule has 0 aromatic heterocycles. The van der Waals surface area contributed by atoms with Crippen LogP contribution in [0.25, 0.3) is 0 Å². The lowest BCUT2D eigenvalue weighted by Crippen LogP contribution is -2.43. The van der Waals surface area contributed by atoms with Crippen molar-refractivity contribution in [2.75, 3.05) is 18.1 Å². The lowest BCUT2D eigenvalue weighted by Gasteiger charge is -2.39. The van der Waals surface area contributed by atoms with Gasteiger partial charge in [-0.05, 0) is 42.6 Å². The van der Waals surface area contributed by atoms with Gasteiger partial charge in [-0.25, -0.2) is 8.78 Å². The summed E-state index contributed by atoms with van der Waals surface area (Å²) in [6.45, 7) is 0.647. The Morgan fingerprint density at radius 1 is 1.43 bits per heavy atom. The Kier molecular flexibility index (Phi) is 4.52. The van der Waals surface area contributed by atoms with Gasteiger partial charge in [-0.15, -0.1) is 0 Å². The largest absolute Gasteiger partial charge is 0.392 e. The molecule has 3 atom stereocenters. The average Bonchev–Trinajstić information content (AvgIpc) is 2.92. The maximum Gasteiger partial charge on any atom is 0.162 e. The number of rotatable bonds is 3. The smallest absolute Gasteiger partial charge is 0.162 e. The highest BCUT2D eigenvalue weighted by atomic mass is 32.2. The Bertz CT molecular complexity index is 503. The molecule has 1 spiro atoms. The van der Waals surface area contributed by atoms with Crippen LogP contribution in [-0.2, 0) is 11.2 Å². The molecule has 0 radical (unpaired) electrons. The summed E-state index contributed by atoms with van der Waals surface area (Å²) in [6, 6.07) is 4.13. The normalized spacial score (nSPS) is 30.7. The molecule has 0 amide bonds. The molecule has 116 valence electrons. The van der Waals surface area contributed by atoms with E-state index in [-0.39, 0.29) is 23.5 Å². The predicted molar refractivity (Wildman–Crippen MR) is 79.4 cm³/mol. The standard InChI is InChI=1S/C16H20F2O2S/c17-13-3-1-2-11(15(13)18)8-14(19)12-4-6-20-16(9-12)5-7-21-10-16/h1-3,12,14,19H,4-10H2. The molecule has 0 saturated carbocycles. The SMILES string of the molecule is OC(Cc1cccc(F)c1F)C1CCOC2(CCSC2)C1. The van der Waals surface area contributed by atoms with E-state index in [2.05, 4.69) is 0 Å². The molecule has 21 heavy (non-hydrogen) atoms. The van der Waals surface area contributed by atoms with E-state index in [0.29, 0.717) is 6.61 Å². The minimum Gasteiger partial charge on any atom is -0.392 e. The van der Waals surface area contributed by atoms with Crippen molar-refractivity contribution in [2.24, 2.45) is 5.92 Å². The Balaban J connectivity index is 1.67. The Hall–Kier alpha value is -0.650. The van der Waals surface area contributed by atoms with Crippen LogP contribution < -0.4 is 0 Å². The maximum atomic E-state index is 13.7. The van der Waals surface area contributed by atoms with Crippen molar-refractivity contribution >= 4 is 11.8 Å². The van der Waals surface area contributed by atoms with E-state index in [1.807, 2.05) is 11.8 Å². The van der Waals surface area contributed by atoms with Gasteiger partial charge in [-0.3, -0.25) is 0 Å². The quantitative estimate of drug-likeness (QED) is 0.929. The highest BCUT2D eigenvalue weighted by molar-refractivity contribution is 7.99. The first-order valence-electron chi connectivity index (χ1n) is 7.42. The number of hydrogen-bond donors (Lipinski definition) is 1. The van der Waals surface area contributed by atoms with Crippen molar-refractivity contribution in [1.82, 2.24) is 0 Å². The van der Waals surface area contributed by atoms with E-state index in [1.165, 1.54) is 6.07 Å². The third-order valence-electron chi connectivity index (χ3n) is 4.60. The number of ether oxygens (including phenoxy) is 1. The van der Waals surface area contributed by atoms with Crippen LogP contribution in [0, 0.1) is 17.6 Å². The van der Waals surface area contributed by atoms with Crippen molar-refractivity contribution in [1.29, 1.82) is 0 Å². The fourth-order valence-electron chi connectivity index (χ4n) is 3.36. The molecule has 2 aliphatic rings. The molecular formula is C16H20F2O2S. The molecular weight excluding hydrogens is 294 g/mol. The van der Waals surface area contributed by atoms with Gasteiger partial charge in [0.15, 0.2) is 11.6 Å². The molecule has 5 heteroatoms. The maximum absolute atomic E-state index is 13.7. The van der Waals surface area contributed by atoms with E-state index in [0.717, 1.165) is 36.8 Å². The third-order valence-corrected chi connectivity index (χ3v) is 5.83. The van der Waals surface area contributed by atoms with Crippen molar-refractivity contribution in [3.05, 3.63) is 35.4 Å². The Morgan fingerprint density at radius 3 is 3.05 bits per heavy atom. The molecule has 2 heterocycles. The summed E-state index contributed by atoms with van der Waals surface area (Å²) in [7, 11) is 0. The summed E-state index contributed by atoms with van der Waals surface area (Å²) in [4.78, 5) is 0. The van der Waals surface area contributed by atoms with Gasteiger partial charge in [0, 0.05) is 18.8 Å². The molecule has 1 aromatic carbocycles. The highest BCUT2D eigenvalue weighted by Gasteiger charge is 2.42. The van der Waals surface area contributed by atoms with Crippen molar-refractivity contribution in [3.8, 4) is 0 Å². The zero-order chi connectivity index (χ0) is 14.9. The lowest BCUT2D eigenvalue weighted by atomic mass is 9.80. The second-order valence-electron chi connectivity index (χ2n) is 6.07. The zero-order valence-electron chi connectivity index (χ0n) is 11.9. The fourth-order valence-corrected chi connectivity index (χ4v) is 4.73. The van der Waals surface area contributed by atoms with Crippen LogP contribution in [0.15, 0.2) is 18.2 Å². The average molecular weight is 314 g/mol. The summed E-state index contributed by atoms with van der Waals surface area (Å²) < 4.78 is 32.9. The number of aliphatic hydroxyl groups is 1. The summed E-state index contributed by atoms with van der Waals surface area (Å²) in [5.41, 5.74) is 0.151. The van der Waals surface area contributed by atoms with Crippen LogP contribution in [0.2, 0.25) is 0 Å². The first kappa shape index (κ1) is 15.3. The third kappa shape index (κ3) is 3.25. The zero-order valence-corrected chi connectivity index (χ0v) is 12.7. The van der Waals surface area contributed by atoms with E-state index < -0.39 is 17.7 Å². The van der Waals surface area contributed by atoms with Crippen molar-refractivity contribution in [3.63, 3.8) is 0 Å². The van der Waals surface area contributed by atoms with Gasteiger partial charge in [-0.2, -0.15) is 11.8 Å². The molecule has 0 aliphatic carbocycles. The molecule has 1 aromatic rings. The van der Waals surface area contributed by atoms with E-state index in [4.69, 9.17) is 4.74 Å².